The van der Waals surface area contributed by atoms with Crippen LogP contribution in [-0.4, -0.2) is 24.0 Å². The Balaban J connectivity index is 1.90. The fraction of sp³-hybridized carbons (Fsp3) is 0.316. The number of esters is 1. The van der Waals surface area contributed by atoms with Gasteiger partial charge in [-0.05, 0) is 30.0 Å². The van der Waals surface area contributed by atoms with E-state index >= 15 is 0 Å². The third-order valence-electron chi connectivity index (χ3n) is 4.12. The van der Waals surface area contributed by atoms with Gasteiger partial charge in [-0.2, -0.15) is 0 Å². The first-order chi connectivity index (χ1) is 10.8. The van der Waals surface area contributed by atoms with Gasteiger partial charge in [-0.1, -0.05) is 54.6 Å². The van der Waals surface area contributed by atoms with Gasteiger partial charge in [0, 0.05) is 13.1 Å². The van der Waals surface area contributed by atoms with E-state index in [-0.39, 0.29) is 12.0 Å². The van der Waals surface area contributed by atoms with E-state index in [1.165, 1.54) is 11.1 Å². The van der Waals surface area contributed by atoms with Crippen molar-refractivity contribution in [3.8, 4) is 0 Å². The molecule has 0 fully saturated rings. The lowest BCUT2D eigenvalue weighted by atomic mass is 9.92. The molecule has 0 radical (unpaired) electrons. The predicted molar refractivity (Wildman–Crippen MR) is 86.4 cm³/mol. The van der Waals surface area contributed by atoms with Crippen molar-refractivity contribution < 1.29 is 9.53 Å². The average molecular weight is 295 g/mol. The van der Waals surface area contributed by atoms with Gasteiger partial charge >= 0.3 is 5.97 Å². The van der Waals surface area contributed by atoms with Crippen molar-refractivity contribution in [1.29, 1.82) is 0 Å². The second kappa shape index (κ2) is 6.75. The molecular formula is C19H21NO2. The molecule has 0 N–H and O–H groups in total. The van der Waals surface area contributed by atoms with Crippen LogP contribution < -0.4 is 0 Å². The molecule has 0 spiro atoms. The predicted octanol–water partition coefficient (Wildman–Crippen LogP) is 3.35. The van der Waals surface area contributed by atoms with Crippen LogP contribution in [0.2, 0.25) is 0 Å². The number of carbonyl (C=O) groups excluding carboxylic acids is 1. The van der Waals surface area contributed by atoms with Crippen molar-refractivity contribution in [3.63, 3.8) is 0 Å². The Labute approximate surface area is 131 Å². The molecule has 1 unspecified atom stereocenters. The molecule has 0 bridgehead atoms. The monoisotopic (exact) mass is 295 g/mol. The summed E-state index contributed by atoms with van der Waals surface area (Å²) < 4.78 is 5.33. The lowest BCUT2D eigenvalue weighted by molar-refractivity contribution is -0.150. The minimum absolute atomic E-state index is 0.148. The zero-order valence-electron chi connectivity index (χ0n) is 12.9. The fourth-order valence-electron chi connectivity index (χ4n) is 3.10. The first kappa shape index (κ1) is 14.8. The van der Waals surface area contributed by atoms with Gasteiger partial charge in [-0.25, -0.2) is 4.79 Å². The van der Waals surface area contributed by atoms with Crippen LogP contribution in [0.1, 0.15) is 29.7 Å². The summed E-state index contributed by atoms with van der Waals surface area (Å²) in [6.45, 7) is 3.90. The molecule has 2 aromatic rings. The van der Waals surface area contributed by atoms with Crippen LogP contribution in [0.3, 0.4) is 0 Å². The van der Waals surface area contributed by atoms with Crippen LogP contribution in [0.25, 0.3) is 0 Å². The maximum atomic E-state index is 12.5. The van der Waals surface area contributed by atoms with Gasteiger partial charge in [0.05, 0.1) is 6.61 Å². The molecule has 22 heavy (non-hydrogen) atoms. The zero-order chi connectivity index (χ0) is 15.4. The van der Waals surface area contributed by atoms with Gasteiger partial charge in [-0.3, -0.25) is 4.90 Å². The van der Waals surface area contributed by atoms with E-state index in [0.717, 1.165) is 25.1 Å². The van der Waals surface area contributed by atoms with Gasteiger partial charge in [0.2, 0.25) is 0 Å². The highest BCUT2D eigenvalue weighted by molar-refractivity contribution is 5.78. The fourth-order valence-corrected chi connectivity index (χ4v) is 3.10. The summed E-state index contributed by atoms with van der Waals surface area (Å²) in [6, 6.07) is 18.2. The Morgan fingerprint density at radius 1 is 1.14 bits per heavy atom. The van der Waals surface area contributed by atoms with Gasteiger partial charge in [0.1, 0.15) is 6.04 Å². The van der Waals surface area contributed by atoms with Gasteiger partial charge < -0.3 is 4.74 Å². The minimum atomic E-state index is -0.301. The van der Waals surface area contributed by atoms with Crippen LogP contribution in [-0.2, 0) is 22.5 Å². The molecule has 0 saturated carbocycles. The summed E-state index contributed by atoms with van der Waals surface area (Å²) >= 11 is 0. The van der Waals surface area contributed by atoms with E-state index in [2.05, 4.69) is 23.1 Å². The van der Waals surface area contributed by atoms with E-state index in [1.54, 1.807) is 0 Å². The topological polar surface area (TPSA) is 29.5 Å². The van der Waals surface area contributed by atoms with Gasteiger partial charge in [0.15, 0.2) is 0 Å². The molecule has 3 nitrogen and oxygen atoms in total. The molecule has 2 aromatic carbocycles. The minimum Gasteiger partial charge on any atom is -0.465 e. The zero-order valence-corrected chi connectivity index (χ0v) is 12.9. The number of ether oxygens (including phenoxy) is 1. The highest BCUT2D eigenvalue weighted by Crippen LogP contribution is 2.31. The average Bonchev–Trinajstić information content (AvgIpc) is 2.55. The molecule has 1 aliphatic rings. The molecule has 0 saturated heterocycles. The quantitative estimate of drug-likeness (QED) is 0.810. The largest absolute Gasteiger partial charge is 0.465 e. The van der Waals surface area contributed by atoms with Crippen molar-refractivity contribution in [2.75, 3.05) is 13.2 Å². The molecule has 114 valence electrons. The Morgan fingerprint density at radius 3 is 2.64 bits per heavy atom. The highest BCUT2D eigenvalue weighted by atomic mass is 16.5. The number of hydrogen-bond donors (Lipinski definition) is 0. The van der Waals surface area contributed by atoms with Crippen molar-refractivity contribution >= 4 is 5.97 Å². The van der Waals surface area contributed by atoms with E-state index in [0.29, 0.717) is 6.61 Å². The van der Waals surface area contributed by atoms with Crippen LogP contribution >= 0.6 is 0 Å². The molecular weight excluding hydrogens is 274 g/mol. The van der Waals surface area contributed by atoms with Crippen LogP contribution in [0.5, 0.6) is 0 Å². The maximum Gasteiger partial charge on any atom is 0.328 e. The Morgan fingerprint density at radius 2 is 1.86 bits per heavy atom. The third kappa shape index (κ3) is 3.04. The molecule has 1 heterocycles. The summed E-state index contributed by atoms with van der Waals surface area (Å²) in [5.74, 6) is -0.148. The van der Waals surface area contributed by atoms with Crippen LogP contribution in [0.4, 0.5) is 0 Å². The maximum absolute atomic E-state index is 12.5. The summed E-state index contributed by atoms with van der Waals surface area (Å²) in [4.78, 5) is 14.7. The number of rotatable bonds is 4. The number of carbonyl (C=O) groups is 1. The van der Waals surface area contributed by atoms with E-state index in [1.807, 2.05) is 43.3 Å². The second-order valence-corrected chi connectivity index (χ2v) is 5.56. The van der Waals surface area contributed by atoms with Crippen LogP contribution in [0.15, 0.2) is 54.6 Å². The highest BCUT2D eigenvalue weighted by Gasteiger charge is 2.33. The number of fused-ring (bicyclic) bond motifs is 1. The summed E-state index contributed by atoms with van der Waals surface area (Å²) in [7, 11) is 0. The van der Waals surface area contributed by atoms with E-state index < -0.39 is 0 Å². The Kier molecular flexibility index (Phi) is 4.54. The third-order valence-corrected chi connectivity index (χ3v) is 4.12. The number of hydrogen-bond acceptors (Lipinski definition) is 3. The standard InChI is InChI=1S/C19H21NO2/c1-2-22-19(21)18-17-11-7-6-10-16(17)12-13-20(18)14-15-8-4-3-5-9-15/h3-11,18H,2,12-14H2,1H3. The number of benzene rings is 2. The molecule has 3 rings (SSSR count). The summed E-state index contributed by atoms with van der Waals surface area (Å²) in [5, 5.41) is 0. The lowest BCUT2D eigenvalue weighted by Crippen LogP contribution is -2.40. The van der Waals surface area contributed by atoms with Gasteiger partial charge in [0.25, 0.3) is 0 Å². The Bertz CT molecular complexity index is 639. The first-order valence-electron chi connectivity index (χ1n) is 7.82. The molecule has 3 heteroatoms. The van der Waals surface area contributed by atoms with Crippen molar-refractivity contribution in [1.82, 2.24) is 4.90 Å². The normalized spacial score (nSPS) is 17.8. The molecule has 0 aromatic heterocycles. The van der Waals surface area contributed by atoms with Crippen molar-refractivity contribution in [2.45, 2.75) is 25.9 Å². The van der Waals surface area contributed by atoms with E-state index in [4.69, 9.17) is 4.74 Å². The van der Waals surface area contributed by atoms with E-state index in [9.17, 15) is 4.79 Å². The molecule has 0 amide bonds. The van der Waals surface area contributed by atoms with Crippen molar-refractivity contribution in [3.05, 3.63) is 71.3 Å². The van der Waals surface area contributed by atoms with Gasteiger partial charge in [-0.15, -0.1) is 0 Å². The molecule has 1 atom stereocenters. The SMILES string of the molecule is CCOC(=O)C1c2ccccc2CCN1Cc1ccccc1. The molecule has 1 aliphatic heterocycles. The summed E-state index contributed by atoms with van der Waals surface area (Å²) in [6.07, 6.45) is 0.971. The first-order valence-corrected chi connectivity index (χ1v) is 7.82. The van der Waals surface area contributed by atoms with Crippen molar-refractivity contribution in [2.24, 2.45) is 0 Å². The smallest absolute Gasteiger partial charge is 0.328 e. The summed E-state index contributed by atoms with van der Waals surface area (Å²) in [5.41, 5.74) is 3.56. The van der Waals surface area contributed by atoms with Crippen LogP contribution in [0, 0.1) is 0 Å². The molecule has 0 aliphatic carbocycles. The lowest BCUT2D eigenvalue weighted by Gasteiger charge is -2.35. The Hall–Kier alpha value is -2.13. The number of nitrogens with zero attached hydrogens (tertiary/aromatic N) is 1. The second-order valence-electron chi connectivity index (χ2n) is 5.56.